The Bertz CT molecular complexity index is 666. The molecule has 1 aromatic rings. The Morgan fingerprint density at radius 1 is 1.41 bits per heavy atom. The second-order valence-electron chi connectivity index (χ2n) is 7.72. The highest BCUT2D eigenvalue weighted by Gasteiger charge is 2.33. The normalized spacial score (nSPS) is 19.0. The van der Waals surface area contributed by atoms with E-state index in [0.717, 1.165) is 30.2 Å². The molecule has 0 aliphatic carbocycles. The minimum atomic E-state index is -4.15. The Balaban J connectivity index is 1.80. The molecule has 0 saturated carbocycles. The van der Waals surface area contributed by atoms with E-state index in [0.29, 0.717) is 26.2 Å². The van der Waals surface area contributed by atoms with Crippen LogP contribution in [0.4, 0.5) is 13.2 Å². The number of halogens is 3. The van der Waals surface area contributed by atoms with Crippen LogP contribution in [0.5, 0.6) is 5.75 Å². The fourth-order valence-corrected chi connectivity index (χ4v) is 3.63. The van der Waals surface area contributed by atoms with Gasteiger partial charge in [0.05, 0.1) is 13.1 Å². The lowest BCUT2D eigenvalue weighted by atomic mass is 10.1. The third kappa shape index (κ3) is 8.12. The van der Waals surface area contributed by atoms with Crippen LogP contribution in [0.1, 0.15) is 25.8 Å². The Kier molecular flexibility index (Phi) is 8.61. The zero-order valence-electron chi connectivity index (χ0n) is 17.8. The van der Waals surface area contributed by atoms with Crippen molar-refractivity contribution in [2.24, 2.45) is 10.9 Å². The molecule has 2 unspecified atom stereocenters. The quantitative estimate of drug-likeness (QED) is 0.522. The van der Waals surface area contributed by atoms with Crippen molar-refractivity contribution in [2.45, 2.75) is 39.5 Å². The van der Waals surface area contributed by atoms with Gasteiger partial charge in [0.1, 0.15) is 11.9 Å². The van der Waals surface area contributed by atoms with Gasteiger partial charge in [-0.05, 0) is 50.4 Å². The largest absolute Gasteiger partial charge is 0.489 e. The summed E-state index contributed by atoms with van der Waals surface area (Å²) >= 11 is 0. The maximum absolute atomic E-state index is 12.7. The molecule has 1 N–H and O–H groups in total. The van der Waals surface area contributed by atoms with Gasteiger partial charge in [-0.2, -0.15) is 13.2 Å². The molecule has 5 nitrogen and oxygen atoms in total. The Morgan fingerprint density at radius 3 is 2.79 bits per heavy atom. The fourth-order valence-electron chi connectivity index (χ4n) is 3.63. The number of aliphatic imine (C=N–C) groups is 1. The summed E-state index contributed by atoms with van der Waals surface area (Å²) in [5.41, 5.74) is 1.15. The molecule has 0 amide bonds. The lowest BCUT2D eigenvalue weighted by molar-refractivity contribution is -0.146. The van der Waals surface area contributed by atoms with Crippen molar-refractivity contribution < 1.29 is 17.9 Å². The fraction of sp³-hybridized carbons (Fsp3) is 0.667. The molecule has 1 fully saturated rings. The monoisotopic (exact) mass is 414 g/mol. The molecule has 1 aliphatic heterocycles. The molecule has 1 aromatic carbocycles. The average Bonchev–Trinajstić information content (AvgIpc) is 3.09. The molecule has 164 valence electrons. The number of hydrogen-bond acceptors (Lipinski definition) is 3. The molecule has 1 aliphatic rings. The molecule has 29 heavy (non-hydrogen) atoms. The summed E-state index contributed by atoms with van der Waals surface area (Å²) < 4.78 is 44.0. The molecular formula is C21H33F3N4O. The van der Waals surface area contributed by atoms with Crippen molar-refractivity contribution in [3.63, 3.8) is 0 Å². The van der Waals surface area contributed by atoms with Crippen LogP contribution < -0.4 is 10.1 Å². The summed E-state index contributed by atoms with van der Waals surface area (Å²) in [7, 11) is 1.73. The van der Waals surface area contributed by atoms with Gasteiger partial charge >= 0.3 is 6.18 Å². The van der Waals surface area contributed by atoms with E-state index in [1.165, 1.54) is 4.90 Å². The zero-order valence-corrected chi connectivity index (χ0v) is 17.8. The second kappa shape index (κ2) is 10.7. The molecule has 0 bridgehead atoms. The van der Waals surface area contributed by atoms with E-state index in [1.54, 1.807) is 14.0 Å². The van der Waals surface area contributed by atoms with Crippen LogP contribution in [-0.2, 0) is 0 Å². The minimum absolute atomic E-state index is 0.0469. The lowest BCUT2D eigenvalue weighted by Crippen LogP contribution is -2.44. The molecule has 2 rings (SSSR count). The maximum Gasteiger partial charge on any atom is 0.401 e. The molecule has 1 saturated heterocycles. The number of guanidine groups is 1. The van der Waals surface area contributed by atoms with E-state index in [2.05, 4.69) is 15.2 Å². The summed E-state index contributed by atoms with van der Waals surface area (Å²) in [6, 6.07) is 7.92. The Labute approximate surface area is 171 Å². The van der Waals surface area contributed by atoms with Crippen molar-refractivity contribution in [1.29, 1.82) is 0 Å². The number of ether oxygens (including phenoxy) is 1. The first kappa shape index (κ1) is 23.3. The van der Waals surface area contributed by atoms with Gasteiger partial charge in [-0.3, -0.25) is 9.89 Å². The van der Waals surface area contributed by atoms with E-state index in [9.17, 15) is 13.2 Å². The summed E-state index contributed by atoms with van der Waals surface area (Å²) in [5, 5.41) is 3.33. The number of likely N-dealkylation sites (tertiary alicyclic amines) is 1. The van der Waals surface area contributed by atoms with Crippen molar-refractivity contribution in [3.8, 4) is 5.75 Å². The summed E-state index contributed by atoms with van der Waals surface area (Å²) in [6.07, 6.45) is -3.33. The molecule has 0 aromatic heterocycles. The first-order valence-electron chi connectivity index (χ1n) is 10.2. The second-order valence-corrected chi connectivity index (χ2v) is 7.72. The van der Waals surface area contributed by atoms with Crippen molar-refractivity contribution in [1.82, 2.24) is 15.1 Å². The molecule has 8 heteroatoms. The third-order valence-electron chi connectivity index (χ3n) is 5.04. The van der Waals surface area contributed by atoms with Crippen LogP contribution in [0.15, 0.2) is 29.3 Å². The van der Waals surface area contributed by atoms with Crippen LogP contribution in [0.3, 0.4) is 0 Å². The predicted octanol–water partition coefficient (Wildman–Crippen LogP) is 3.54. The highest BCUT2D eigenvalue weighted by Crippen LogP contribution is 2.21. The highest BCUT2D eigenvalue weighted by atomic mass is 19.4. The number of aryl methyl sites for hydroxylation is 1. The molecule has 0 spiro atoms. The van der Waals surface area contributed by atoms with Crippen LogP contribution >= 0.6 is 0 Å². The van der Waals surface area contributed by atoms with Crippen LogP contribution in [0.2, 0.25) is 0 Å². The number of hydrogen-bond donors (Lipinski definition) is 1. The van der Waals surface area contributed by atoms with Gasteiger partial charge in [-0.25, -0.2) is 0 Å². The predicted molar refractivity (Wildman–Crippen MR) is 110 cm³/mol. The van der Waals surface area contributed by atoms with Gasteiger partial charge in [0.25, 0.3) is 0 Å². The molecule has 1 heterocycles. The van der Waals surface area contributed by atoms with Gasteiger partial charge < -0.3 is 15.0 Å². The van der Waals surface area contributed by atoms with Gasteiger partial charge in [0.2, 0.25) is 0 Å². The van der Waals surface area contributed by atoms with Gasteiger partial charge in [-0.15, -0.1) is 0 Å². The number of nitrogens with zero attached hydrogens (tertiary/aromatic N) is 3. The van der Waals surface area contributed by atoms with Gasteiger partial charge in [0.15, 0.2) is 5.96 Å². The topological polar surface area (TPSA) is 40.1 Å². The average molecular weight is 415 g/mol. The SMILES string of the molecule is CCN(CC1CCN(C(=NC)NCC(C)Oc2cccc(C)c2)C1)CC(F)(F)F. The van der Waals surface area contributed by atoms with E-state index in [4.69, 9.17) is 4.74 Å². The number of nitrogens with one attached hydrogen (secondary N) is 1. The van der Waals surface area contributed by atoms with Crippen molar-refractivity contribution >= 4 is 5.96 Å². The third-order valence-corrected chi connectivity index (χ3v) is 5.04. The number of benzene rings is 1. The van der Waals surface area contributed by atoms with E-state index >= 15 is 0 Å². The minimum Gasteiger partial charge on any atom is -0.489 e. The summed E-state index contributed by atoms with van der Waals surface area (Å²) in [4.78, 5) is 7.93. The Hall–Kier alpha value is -1.96. The highest BCUT2D eigenvalue weighted by molar-refractivity contribution is 5.80. The van der Waals surface area contributed by atoms with E-state index < -0.39 is 12.7 Å². The van der Waals surface area contributed by atoms with Crippen molar-refractivity contribution in [3.05, 3.63) is 29.8 Å². The van der Waals surface area contributed by atoms with E-state index in [1.807, 2.05) is 38.1 Å². The number of rotatable bonds is 8. The van der Waals surface area contributed by atoms with Crippen LogP contribution in [0, 0.1) is 12.8 Å². The maximum atomic E-state index is 12.7. The zero-order chi connectivity index (χ0) is 21.4. The molecular weight excluding hydrogens is 381 g/mol. The van der Waals surface area contributed by atoms with Crippen LogP contribution in [-0.4, -0.2) is 74.4 Å². The molecule has 2 atom stereocenters. The summed E-state index contributed by atoms with van der Waals surface area (Å²) in [6.45, 7) is 7.89. The van der Waals surface area contributed by atoms with Crippen LogP contribution in [0.25, 0.3) is 0 Å². The lowest BCUT2D eigenvalue weighted by Gasteiger charge is -2.26. The summed E-state index contributed by atoms with van der Waals surface area (Å²) in [5.74, 6) is 1.81. The smallest absolute Gasteiger partial charge is 0.401 e. The number of alkyl halides is 3. The standard InChI is InChI=1S/C21H33F3N4O/c1-5-27(15-21(22,23)24)13-18-9-10-28(14-18)20(25-4)26-12-17(3)29-19-8-6-7-16(2)11-19/h6-8,11,17-18H,5,9-10,12-15H2,1-4H3,(H,25,26). The Morgan fingerprint density at radius 2 is 2.17 bits per heavy atom. The first-order valence-corrected chi connectivity index (χ1v) is 10.2. The van der Waals surface area contributed by atoms with Gasteiger partial charge in [0, 0.05) is 26.7 Å². The van der Waals surface area contributed by atoms with Crippen molar-refractivity contribution in [2.75, 3.05) is 46.3 Å². The first-order chi connectivity index (χ1) is 13.7. The molecule has 0 radical (unpaired) electrons. The van der Waals surface area contributed by atoms with Gasteiger partial charge in [-0.1, -0.05) is 19.1 Å². The van der Waals surface area contributed by atoms with E-state index in [-0.39, 0.29) is 12.0 Å².